The fourth-order valence-electron chi connectivity index (χ4n) is 2.67. The summed E-state index contributed by atoms with van der Waals surface area (Å²) in [5, 5.41) is 23.9. The molecule has 0 unspecified atom stereocenters. The molecule has 0 amide bonds. The molecule has 152 valence electrons. The minimum Gasteiger partial charge on any atom is -0.464 e. The van der Waals surface area contributed by atoms with Gasteiger partial charge in [0.05, 0.1) is 32.8 Å². The predicted octanol–water partition coefficient (Wildman–Crippen LogP) is 0.254. The Bertz CT molecular complexity index is 1130. The molecular formula is C17H15N9O4. The number of benzene rings is 1. The van der Waals surface area contributed by atoms with Crippen molar-refractivity contribution in [1.82, 2.24) is 45.0 Å². The second kappa shape index (κ2) is 7.90. The summed E-state index contributed by atoms with van der Waals surface area (Å²) in [7, 11) is 2.48. The summed E-state index contributed by atoms with van der Waals surface area (Å²) in [4.78, 5) is 23.5. The van der Waals surface area contributed by atoms with Crippen LogP contribution in [0.2, 0.25) is 0 Å². The molecule has 13 heteroatoms. The molecule has 3 heterocycles. The number of nitrogens with zero attached hydrogens (tertiary/aromatic N) is 9. The number of carbonyl (C=O) groups is 2. The summed E-state index contributed by atoms with van der Waals surface area (Å²) in [5.41, 5.74) is 1.42. The first-order chi connectivity index (χ1) is 14.6. The summed E-state index contributed by atoms with van der Waals surface area (Å²) in [5.74, 6) is -1.31. The van der Waals surface area contributed by atoms with Gasteiger partial charge in [-0.15, -0.1) is 15.3 Å². The lowest BCUT2D eigenvalue weighted by atomic mass is 10.2. The molecule has 0 fully saturated rings. The number of rotatable bonds is 6. The molecule has 1 aromatic carbocycles. The minimum atomic E-state index is -0.897. The zero-order chi connectivity index (χ0) is 21.1. The number of esters is 2. The van der Waals surface area contributed by atoms with Crippen molar-refractivity contribution in [3.8, 4) is 11.3 Å². The van der Waals surface area contributed by atoms with Gasteiger partial charge in [-0.2, -0.15) is 0 Å². The average Bonchev–Trinajstić information content (AvgIpc) is 3.55. The van der Waals surface area contributed by atoms with Gasteiger partial charge in [0.2, 0.25) is 6.29 Å². The Hall–Kier alpha value is -4.42. The van der Waals surface area contributed by atoms with Crippen LogP contribution in [0.4, 0.5) is 0 Å². The standard InChI is InChI=1S/C17H15N9O4/c1-29-15(27)13-9-25(22-19-13)17(26-10-14(20-23-26)16(28)30-2)24-8-12(18-21-24)11-6-4-3-5-7-11/h3-10,17H,1-2H3. The lowest BCUT2D eigenvalue weighted by molar-refractivity contribution is 0.0585. The van der Waals surface area contributed by atoms with Crippen LogP contribution >= 0.6 is 0 Å². The maximum Gasteiger partial charge on any atom is 0.360 e. The van der Waals surface area contributed by atoms with E-state index in [0.29, 0.717) is 5.69 Å². The van der Waals surface area contributed by atoms with Gasteiger partial charge >= 0.3 is 11.9 Å². The third-order valence-electron chi connectivity index (χ3n) is 4.10. The molecule has 0 aliphatic heterocycles. The van der Waals surface area contributed by atoms with E-state index in [1.54, 1.807) is 6.20 Å². The van der Waals surface area contributed by atoms with Gasteiger partial charge in [-0.1, -0.05) is 46.0 Å². The number of hydrogen-bond acceptors (Lipinski definition) is 10. The van der Waals surface area contributed by atoms with Crippen LogP contribution in [0.15, 0.2) is 48.9 Å². The average molecular weight is 409 g/mol. The molecule has 0 N–H and O–H groups in total. The number of hydrogen-bond donors (Lipinski definition) is 0. The lowest BCUT2D eigenvalue weighted by Crippen LogP contribution is -2.27. The van der Waals surface area contributed by atoms with Crippen LogP contribution < -0.4 is 0 Å². The Morgan fingerprint density at radius 3 is 1.80 bits per heavy atom. The molecule has 0 spiro atoms. The summed E-state index contributed by atoms with van der Waals surface area (Å²) >= 11 is 0. The molecule has 0 aliphatic carbocycles. The van der Waals surface area contributed by atoms with E-state index in [2.05, 4.69) is 40.4 Å². The molecule has 30 heavy (non-hydrogen) atoms. The van der Waals surface area contributed by atoms with Crippen molar-refractivity contribution >= 4 is 11.9 Å². The van der Waals surface area contributed by atoms with Crippen LogP contribution in [0, 0.1) is 0 Å². The molecular weight excluding hydrogens is 394 g/mol. The molecule has 0 radical (unpaired) electrons. The molecule has 3 aromatic heterocycles. The second-order valence-electron chi connectivity index (χ2n) is 5.95. The largest absolute Gasteiger partial charge is 0.464 e. The third kappa shape index (κ3) is 3.50. The molecule has 4 aromatic rings. The fraction of sp³-hybridized carbons (Fsp3) is 0.176. The summed E-state index contributed by atoms with van der Waals surface area (Å²) in [6, 6.07) is 9.43. The van der Waals surface area contributed by atoms with E-state index < -0.39 is 18.2 Å². The smallest absolute Gasteiger partial charge is 0.360 e. The first-order valence-corrected chi connectivity index (χ1v) is 8.58. The van der Waals surface area contributed by atoms with Crippen LogP contribution in [-0.2, 0) is 9.47 Å². The maximum absolute atomic E-state index is 11.8. The zero-order valence-corrected chi connectivity index (χ0v) is 15.9. The van der Waals surface area contributed by atoms with Crippen molar-refractivity contribution < 1.29 is 19.1 Å². The Balaban J connectivity index is 1.77. The highest BCUT2D eigenvalue weighted by molar-refractivity contribution is 5.87. The van der Waals surface area contributed by atoms with Crippen molar-refractivity contribution in [1.29, 1.82) is 0 Å². The van der Waals surface area contributed by atoms with E-state index in [0.717, 1.165) is 5.56 Å². The van der Waals surface area contributed by atoms with E-state index in [1.807, 2.05) is 30.3 Å². The van der Waals surface area contributed by atoms with Gasteiger partial charge in [0.1, 0.15) is 5.69 Å². The first kappa shape index (κ1) is 18.9. The molecule has 0 atom stereocenters. The number of aromatic nitrogens is 9. The van der Waals surface area contributed by atoms with Crippen LogP contribution in [0.1, 0.15) is 27.3 Å². The van der Waals surface area contributed by atoms with Crippen LogP contribution in [0.3, 0.4) is 0 Å². The molecule has 0 aliphatic rings. The van der Waals surface area contributed by atoms with E-state index in [-0.39, 0.29) is 11.4 Å². The zero-order valence-electron chi connectivity index (χ0n) is 15.9. The summed E-state index contributed by atoms with van der Waals surface area (Å²) < 4.78 is 13.4. The maximum atomic E-state index is 11.8. The second-order valence-corrected chi connectivity index (χ2v) is 5.95. The molecule has 13 nitrogen and oxygen atoms in total. The van der Waals surface area contributed by atoms with Gasteiger partial charge < -0.3 is 9.47 Å². The highest BCUT2D eigenvalue weighted by Gasteiger charge is 2.24. The van der Waals surface area contributed by atoms with Gasteiger partial charge in [-0.3, -0.25) is 0 Å². The van der Waals surface area contributed by atoms with Crippen molar-refractivity contribution in [2.24, 2.45) is 0 Å². The highest BCUT2D eigenvalue weighted by atomic mass is 16.5. The Kier molecular flexibility index (Phi) is 4.99. The molecule has 0 saturated carbocycles. The van der Waals surface area contributed by atoms with Crippen LogP contribution in [-0.4, -0.2) is 71.1 Å². The lowest BCUT2D eigenvalue weighted by Gasteiger charge is -2.16. The van der Waals surface area contributed by atoms with Crippen LogP contribution in [0.5, 0.6) is 0 Å². The predicted molar refractivity (Wildman–Crippen MR) is 98.0 cm³/mol. The fourth-order valence-corrected chi connectivity index (χ4v) is 2.67. The van der Waals surface area contributed by atoms with Gasteiger partial charge in [0, 0.05) is 5.56 Å². The van der Waals surface area contributed by atoms with E-state index in [1.165, 1.54) is 40.7 Å². The first-order valence-electron chi connectivity index (χ1n) is 8.58. The molecule has 0 saturated heterocycles. The Morgan fingerprint density at radius 1 is 0.767 bits per heavy atom. The van der Waals surface area contributed by atoms with Crippen molar-refractivity contribution in [3.63, 3.8) is 0 Å². The van der Waals surface area contributed by atoms with Crippen molar-refractivity contribution in [2.75, 3.05) is 14.2 Å². The van der Waals surface area contributed by atoms with Crippen molar-refractivity contribution in [3.05, 3.63) is 60.3 Å². The molecule has 4 rings (SSSR count). The highest BCUT2D eigenvalue weighted by Crippen LogP contribution is 2.19. The Morgan fingerprint density at radius 2 is 1.27 bits per heavy atom. The van der Waals surface area contributed by atoms with E-state index in [4.69, 9.17) is 0 Å². The number of ether oxygens (including phenoxy) is 2. The molecule has 0 bridgehead atoms. The van der Waals surface area contributed by atoms with Gasteiger partial charge in [-0.05, 0) is 0 Å². The normalized spacial score (nSPS) is 10.9. The van der Waals surface area contributed by atoms with Gasteiger partial charge in [0.15, 0.2) is 11.4 Å². The van der Waals surface area contributed by atoms with E-state index >= 15 is 0 Å². The number of methoxy groups -OCH3 is 2. The van der Waals surface area contributed by atoms with Gasteiger partial charge in [-0.25, -0.2) is 23.6 Å². The summed E-state index contributed by atoms with van der Waals surface area (Å²) in [6.45, 7) is 0. The SMILES string of the molecule is COC(=O)c1cn(C(n2cc(C(=O)OC)nn2)n2cc(-c3ccccc3)nn2)nn1. The summed E-state index contributed by atoms with van der Waals surface area (Å²) in [6.07, 6.45) is 3.49. The Labute approximate surface area is 168 Å². The minimum absolute atomic E-state index is 0.0146. The monoisotopic (exact) mass is 409 g/mol. The van der Waals surface area contributed by atoms with Crippen molar-refractivity contribution in [2.45, 2.75) is 6.29 Å². The van der Waals surface area contributed by atoms with Crippen LogP contribution in [0.25, 0.3) is 11.3 Å². The quantitative estimate of drug-likeness (QED) is 0.406. The van der Waals surface area contributed by atoms with Gasteiger partial charge in [0.25, 0.3) is 0 Å². The topological polar surface area (TPSA) is 145 Å². The third-order valence-corrected chi connectivity index (χ3v) is 4.10. The van der Waals surface area contributed by atoms with E-state index in [9.17, 15) is 9.59 Å². The number of carbonyl (C=O) groups excluding carboxylic acids is 2.